The Kier molecular flexibility index (Phi) is 18.2. The van der Waals surface area contributed by atoms with Gasteiger partial charge in [-0.05, 0) is 142 Å². The van der Waals surface area contributed by atoms with Gasteiger partial charge in [-0.2, -0.15) is 0 Å². The molecule has 0 aliphatic carbocycles. The average molecular weight is 945 g/mol. The molecule has 2 saturated heterocycles. The first-order chi connectivity index (χ1) is 33.9. The highest BCUT2D eigenvalue weighted by molar-refractivity contribution is 6.05. The number of aromatic nitrogens is 2. The first kappa shape index (κ1) is 50.5. The summed E-state index contributed by atoms with van der Waals surface area (Å²) < 4.78 is 10.6. The van der Waals surface area contributed by atoms with Crippen LogP contribution in [0.5, 0.6) is 11.8 Å². The quantitative estimate of drug-likeness (QED) is 0.108. The maximum Gasteiger partial charge on any atom is 0.420 e. The molecule has 2 N–H and O–H groups in total. The van der Waals surface area contributed by atoms with Gasteiger partial charge in [-0.1, -0.05) is 74.5 Å². The molecule has 4 aromatic carbocycles. The zero-order valence-corrected chi connectivity index (χ0v) is 40.6. The Labute approximate surface area is 411 Å². The van der Waals surface area contributed by atoms with Crippen LogP contribution in [0.15, 0.2) is 146 Å². The minimum absolute atomic E-state index is 0.156. The van der Waals surface area contributed by atoms with Crippen molar-refractivity contribution in [2.24, 2.45) is 11.8 Å². The lowest BCUT2D eigenvalue weighted by Crippen LogP contribution is -2.35. The number of likely N-dealkylation sites (tertiary alicyclic amines) is 2. The first-order valence-electron chi connectivity index (χ1n) is 24.1. The number of carbonyl (C=O) groups is 4. The lowest BCUT2D eigenvalue weighted by atomic mass is 9.99. The highest BCUT2D eigenvalue weighted by Crippen LogP contribution is 2.21. The number of amides is 4. The zero-order chi connectivity index (χ0) is 49.2. The van der Waals surface area contributed by atoms with Gasteiger partial charge in [-0.15, -0.1) is 0 Å². The van der Waals surface area contributed by atoms with Crippen LogP contribution < -0.4 is 29.9 Å². The SMILES string of the molecule is CC1CCCN(CCc2ccc(C(=O)Nc3ccc(OC(=O)N(C)c4ccccc4)nc3)cc2)C1.CC1CCN(CCc2ccc(C(=O)Nc3ccc(OC(=O)N(C)c4ccccc4)nc3)cc2)CC1. The van der Waals surface area contributed by atoms with Gasteiger partial charge in [-0.3, -0.25) is 19.4 Å². The Bertz CT molecular complexity index is 2590. The second-order valence-electron chi connectivity index (χ2n) is 18.2. The molecule has 0 saturated carbocycles. The van der Waals surface area contributed by atoms with Crippen LogP contribution in [-0.4, -0.2) is 97.1 Å². The Balaban J connectivity index is 0.000000206. The van der Waals surface area contributed by atoms with E-state index in [9.17, 15) is 19.2 Å². The Morgan fingerprint density at radius 1 is 0.543 bits per heavy atom. The molecule has 1 atom stereocenters. The summed E-state index contributed by atoms with van der Waals surface area (Å²) in [5, 5.41) is 5.67. The summed E-state index contributed by atoms with van der Waals surface area (Å²) in [5.74, 6) is 1.51. The molecule has 2 aliphatic heterocycles. The van der Waals surface area contributed by atoms with E-state index in [1.54, 1.807) is 38.4 Å². The Hall–Kier alpha value is -7.42. The number of para-hydroxylation sites is 2. The zero-order valence-electron chi connectivity index (χ0n) is 40.6. The predicted molar refractivity (Wildman–Crippen MR) is 276 cm³/mol. The lowest BCUT2D eigenvalue weighted by molar-refractivity contribution is 0.101. The van der Waals surface area contributed by atoms with Crippen LogP contribution in [0.2, 0.25) is 0 Å². The molecule has 70 heavy (non-hydrogen) atoms. The van der Waals surface area contributed by atoms with E-state index in [1.165, 1.54) is 85.2 Å². The summed E-state index contributed by atoms with van der Waals surface area (Å²) in [6.07, 6.45) is 8.99. The molecule has 0 radical (unpaired) electrons. The van der Waals surface area contributed by atoms with Crippen molar-refractivity contribution in [3.63, 3.8) is 0 Å². The number of carbonyl (C=O) groups excluding carboxylic acids is 4. The maximum absolute atomic E-state index is 12.6. The number of ether oxygens (including phenoxy) is 2. The fraction of sp³-hybridized carbons (Fsp3) is 0.321. The lowest BCUT2D eigenvalue weighted by Gasteiger charge is -2.30. The van der Waals surface area contributed by atoms with Crippen molar-refractivity contribution >= 4 is 46.8 Å². The third-order valence-electron chi connectivity index (χ3n) is 12.7. The highest BCUT2D eigenvalue weighted by Gasteiger charge is 2.19. The van der Waals surface area contributed by atoms with Crippen molar-refractivity contribution in [1.29, 1.82) is 0 Å². The molecule has 4 heterocycles. The minimum Gasteiger partial charge on any atom is -0.391 e. The Morgan fingerprint density at radius 3 is 1.40 bits per heavy atom. The van der Waals surface area contributed by atoms with Gasteiger partial charge in [-0.25, -0.2) is 19.6 Å². The van der Waals surface area contributed by atoms with Crippen LogP contribution in [0.4, 0.5) is 32.3 Å². The molecular weight excluding hydrogens is 881 g/mol. The Morgan fingerprint density at radius 2 is 0.986 bits per heavy atom. The van der Waals surface area contributed by atoms with Crippen LogP contribution in [-0.2, 0) is 12.8 Å². The molecular formula is C56H64N8O6. The van der Waals surface area contributed by atoms with E-state index in [0.717, 1.165) is 37.8 Å². The van der Waals surface area contributed by atoms with Gasteiger partial charge >= 0.3 is 12.2 Å². The van der Waals surface area contributed by atoms with E-state index in [1.807, 2.05) is 109 Å². The van der Waals surface area contributed by atoms with E-state index in [0.29, 0.717) is 33.9 Å². The third-order valence-corrected chi connectivity index (χ3v) is 12.7. The van der Waals surface area contributed by atoms with Gasteiger partial charge in [0.25, 0.3) is 11.8 Å². The van der Waals surface area contributed by atoms with Crippen molar-refractivity contribution in [3.8, 4) is 11.8 Å². The standard InChI is InChI=1S/2C28H32N4O3/c1-21-7-6-17-32(20-21)18-16-22-10-12-23(13-11-22)27(33)30-24-14-15-26(29-19-24)35-28(34)31(2)25-8-4-3-5-9-25;1-21-14-17-32(18-15-21)19-16-22-8-10-23(11-9-22)27(33)30-24-12-13-26(29-20-24)35-28(34)31(2)25-6-4-3-5-7-25/h3-5,8-15,19,21H,6-7,16-18,20H2,1-2H3,(H,30,33);3-13,20-21H,14-19H2,1-2H3,(H,30,33). The molecule has 14 nitrogen and oxygen atoms in total. The van der Waals surface area contributed by atoms with Crippen molar-refractivity contribution in [1.82, 2.24) is 19.8 Å². The maximum atomic E-state index is 12.6. The molecule has 0 bridgehead atoms. The van der Waals surface area contributed by atoms with Crippen LogP contribution in [0.3, 0.4) is 0 Å². The third kappa shape index (κ3) is 15.3. The predicted octanol–water partition coefficient (Wildman–Crippen LogP) is 10.5. The first-order valence-corrected chi connectivity index (χ1v) is 24.1. The molecule has 14 heteroatoms. The average Bonchev–Trinajstić information content (AvgIpc) is 3.39. The molecule has 6 aromatic rings. The molecule has 4 amide bonds. The number of nitrogens with zero attached hydrogens (tertiary/aromatic N) is 6. The van der Waals surface area contributed by atoms with E-state index in [2.05, 4.69) is 44.2 Å². The number of nitrogens with one attached hydrogen (secondary N) is 2. The smallest absolute Gasteiger partial charge is 0.391 e. The molecule has 0 spiro atoms. The summed E-state index contributed by atoms with van der Waals surface area (Å²) in [6.45, 7) is 11.5. The number of hydrogen-bond acceptors (Lipinski definition) is 10. The summed E-state index contributed by atoms with van der Waals surface area (Å²) in [6, 6.07) is 40.3. The van der Waals surface area contributed by atoms with Gasteiger partial charge in [0.2, 0.25) is 11.8 Å². The van der Waals surface area contributed by atoms with Gasteiger partial charge in [0.15, 0.2) is 0 Å². The number of piperidine rings is 2. The molecule has 8 rings (SSSR count). The number of anilines is 4. The van der Waals surface area contributed by atoms with Crippen molar-refractivity contribution in [3.05, 3.63) is 168 Å². The van der Waals surface area contributed by atoms with Crippen LogP contribution >= 0.6 is 0 Å². The molecule has 1 unspecified atom stereocenters. The van der Waals surface area contributed by atoms with E-state index >= 15 is 0 Å². The normalized spacial score (nSPS) is 15.1. The summed E-state index contributed by atoms with van der Waals surface area (Å²) >= 11 is 0. The van der Waals surface area contributed by atoms with Crippen molar-refractivity contribution in [2.45, 2.75) is 52.4 Å². The molecule has 2 aromatic heterocycles. The number of pyridine rings is 2. The van der Waals surface area contributed by atoms with E-state index in [-0.39, 0.29) is 23.6 Å². The van der Waals surface area contributed by atoms with Crippen molar-refractivity contribution < 1.29 is 28.7 Å². The minimum atomic E-state index is -0.546. The van der Waals surface area contributed by atoms with Gasteiger partial charge in [0.1, 0.15) is 0 Å². The second kappa shape index (κ2) is 25.3. The van der Waals surface area contributed by atoms with E-state index < -0.39 is 12.2 Å². The van der Waals surface area contributed by atoms with Gasteiger partial charge in [0, 0.05) is 68.4 Å². The van der Waals surface area contributed by atoms with Crippen molar-refractivity contribution in [2.75, 3.05) is 73.8 Å². The fourth-order valence-corrected chi connectivity index (χ4v) is 8.26. The van der Waals surface area contributed by atoms with Crippen LogP contribution in [0.1, 0.15) is 71.4 Å². The molecule has 364 valence electrons. The monoisotopic (exact) mass is 944 g/mol. The van der Waals surface area contributed by atoms with Crippen LogP contribution in [0.25, 0.3) is 0 Å². The highest BCUT2D eigenvalue weighted by atomic mass is 16.6. The second-order valence-corrected chi connectivity index (χ2v) is 18.2. The molecule has 2 fully saturated rings. The van der Waals surface area contributed by atoms with E-state index in [4.69, 9.17) is 9.47 Å². The van der Waals surface area contributed by atoms with Gasteiger partial charge < -0.3 is 29.9 Å². The summed E-state index contributed by atoms with van der Waals surface area (Å²) in [5.41, 5.74) is 6.11. The number of hydrogen-bond donors (Lipinski definition) is 2. The number of benzene rings is 4. The van der Waals surface area contributed by atoms with Crippen LogP contribution in [0, 0.1) is 11.8 Å². The summed E-state index contributed by atoms with van der Waals surface area (Å²) in [4.78, 5) is 66.1. The number of rotatable bonds is 14. The summed E-state index contributed by atoms with van der Waals surface area (Å²) in [7, 11) is 3.26. The topological polar surface area (TPSA) is 150 Å². The fourth-order valence-electron chi connectivity index (χ4n) is 8.26. The largest absolute Gasteiger partial charge is 0.420 e. The van der Waals surface area contributed by atoms with Gasteiger partial charge in [0.05, 0.1) is 23.8 Å². The molecule has 2 aliphatic rings.